The van der Waals surface area contributed by atoms with Crippen LogP contribution in [0, 0.1) is 0 Å². The third kappa shape index (κ3) is 37.4. The summed E-state index contributed by atoms with van der Waals surface area (Å²) in [6.07, 6.45) is 37.2. The van der Waals surface area contributed by atoms with Crippen LogP contribution in [0.3, 0.4) is 0 Å². The molecule has 0 rings (SSSR count). The second-order valence-electron chi connectivity index (χ2n) is 12.7. The smallest absolute Gasteiger partial charge is 0.305 e. The van der Waals surface area contributed by atoms with E-state index in [9.17, 15) is 9.59 Å². The van der Waals surface area contributed by atoms with Crippen molar-refractivity contribution in [3.05, 3.63) is 0 Å². The lowest BCUT2D eigenvalue weighted by atomic mass is 10.0. The van der Waals surface area contributed by atoms with Gasteiger partial charge in [0.2, 0.25) is 0 Å². The summed E-state index contributed by atoms with van der Waals surface area (Å²) in [7, 11) is 0. The fraction of sp³-hybridized carbons (Fsp3) is 0.947. The average molecular weight is 627 g/mol. The molecule has 0 saturated heterocycles. The Balaban J connectivity index is 3.25. The zero-order chi connectivity index (χ0) is 31.3. The Kier molecular flexibility index (Phi) is 36.9. The zero-order valence-corrected chi connectivity index (χ0v) is 29.9. The van der Waals surface area contributed by atoms with E-state index in [-0.39, 0.29) is 11.9 Å². The van der Waals surface area contributed by atoms with Gasteiger partial charge in [0, 0.05) is 12.8 Å². The first-order valence-electron chi connectivity index (χ1n) is 19.1. The van der Waals surface area contributed by atoms with Gasteiger partial charge in [-0.2, -0.15) is 11.8 Å². The maximum absolute atomic E-state index is 11.9. The number of hydrogen-bond donors (Lipinski definition) is 0. The maximum atomic E-state index is 11.9. The van der Waals surface area contributed by atoms with Crippen molar-refractivity contribution in [1.29, 1.82) is 0 Å². The molecule has 256 valence electrons. The van der Waals surface area contributed by atoms with Crippen molar-refractivity contribution < 1.29 is 19.1 Å². The van der Waals surface area contributed by atoms with Gasteiger partial charge in [0.15, 0.2) is 0 Å². The fourth-order valence-corrected chi connectivity index (χ4v) is 6.40. The van der Waals surface area contributed by atoms with Crippen LogP contribution in [0.15, 0.2) is 0 Å². The lowest BCUT2D eigenvalue weighted by molar-refractivity contribution is -0.144. The SMILES string of the molecule is CCCCCCCCCCCCCCCOC(=O)CCCSCCCC(=O)OCCCCCCCCCCCCCCC. The number of carbonyl (C=O) groups excluding carboxylic acids is 2. The van der Waals surface area contributed by atoms with Gasteiger partial charge in [-0.1, -0.05) is 168 Å². The molecule has 0 N–H and O–H groups in total. The standard InChI is InChI=1S/C38H74O4S/c1-3-5-7-9-11-13-15-17-19-21-23-25-27-33-41-37(39)31-29-35-43-36-30-32-38(40)42-34-28-26-24-22-20-18-16-14-12-10-8-6-4-2/h3-36H2,1-2H3. The number of esters is 2. The molecular weight excluding hydrogens is 552 g/mol. The second-order valence-corrected chi connectivity index (χ2v) is 14.0. The zero-order valence-electron chi connectivity index (χ0n) is 29.1. The molecule has 0 aliphatic carbocycles. The molecule has 0 aromatic carbocycles. The van der Waals surface area contributed by atoms with Gasteiger partial charge in [0.05, 0.1) is 13.2 Å². The largest absolute Gasteiger partial charge is 0.466 e. The lowest BCUT2D eigenvalue weighted by Crippen LogP contribution is -2.07. The van der Waals surface area contributed by atoms with Crippen molar-refractivity contribution in [1.82, 2.24) is 0 Å². The minimum Gasteiger partial charge on any atom is -0.466 e. The van der Waals surface area contributed by atoms with E-state index in [1.807, 2.05) is 11.8 Å². The van der Waals surface area contributed by atoms with Gasteiger partial charge < -0.3 is 9.47 Å². The maximum Gasteiger partial charge on any atom is 0.305 e. The van der Waals surface area contributed by atoms with Gasteiger partial charge in [-0.3, -0.25) is 9.59 Å². The fourth-order valence-electron chi connectivity index (χ4n) is 5.50. The van der Waals surface area contributed by atoms with Crippen molar-refractivity contribution >= 4 is 23.7 Å². The topological polar surface area (TPSA) is 52.6 Å². The lowest BCUT2D eigenvalue weighted by Gasteiger charge is -2.06. The normalized spacial score (nSPS) is 11.2. The van der Waals surface area contributed by atoms with Crippen LogP contribution in [-0.2, 0) is 19.1 Å². The van der Waals surface area contributed by atoms with Crippen LogP contribution in [0.4, 0.5) is 0 Å². The van der Waals surface area contributed by atoms with E-state index in [2.05, 4.69) is 13.8 Å². The van der Waals surface area contributed by atoms with Gasteiger partial charge in [-0.05, 0) is 37.2 Å². The highest BCUT2D eigenvalue weighted by Crippen LogP contribution is 2.14. The van der Waals surface area contributed by atoms with E-state index < -0.39 is 0 Å². The van der Waals surface area contributed by atoms with E-state index in [0.29, 0.717) is 26.1 Å². The molecule has 43 heavy (non-hydrogen) atoms. The molecule has 0 fully saturated rings. The van der Waals surface area contributed by atoms with E-state index in [0.717, 1.165) is 37.2 Å². The van der Waals surface area contributed by atoms with E-state index in [4.69, 9.17) is 9.47 Å². The molecule has 0 aliphatic heterocycles. The van der Waals surface area contributed by atoms with E-state index >= 15 is 0 Å². The monoisotopic (exact) mass is 627 g/mol. The molecule has 0 spiro atoms. The highest BCUT2D eigenvalue weighted by molar-refractivity contribution is 7.99. The molecule has 0 radical (unpaired) electrons. The van der Waals surface area contributed by atoms with Crippen LogP contribution < -0.4 is 0 Å². The molecule has 0 unspecified atom stereocenters. The van der Waals surface area contributed by atoms with Crippen molar-refractivity contribution in [3.63, 3.8) is 0 Å². The molecule has 0 aromatic heterocycles. The third-order valence-corrected chi connectivity index (χ3v) is 9.52. The van der Waals surface area contributed by atoms with Crippen LogP contribution >= 0.6 is 11.8 Å². The molecule has 0 amide bonds. The number of hydrogen-bond acceptors (Lipinski definition) is 5. The predicted molar refractivity (Wildman–Crippen MR) is 189 cm³/mol. The first-order chi connectivity index (χ1) is 21.2. The van der Waals surface area contributed by atoms with Crippen LogP contribution in [-0.4, -0.2) is 36.7 Å². The summed E-state index contributed by atoms with van der Waals surface area (Å²) in [5.41, 5.74) is 0. The van der Waals surface area contributed by atoms with Gasteiger partial charge in [-0.15, -0.1) is 0 Å². The van der Waals surface area contributed by atoms with Gasteiger partial charge in [-0.25, -0.2) is 0 Å². The van der Waals surface area contributed by atoms with E-state index in [1.165, 1.54) is 154 Å². The summed E-state index contributed by atoms with van der Waals surface area (Å²) in [6.45, 7) is 5.70. The number of unbranched alkanes of at least 4 members (excludes halogenated alkanes) is 24. The van der Waals surface area contributed by atoms with E-state index in [1.54, 1.807) is 0 Å². The molecule has 0 aromatic rings. The minimum absolute atomic E-state index is 0.0590. The second kappa shape index (κ2) is 37.5. The molecule has 0 bridgehead atoms. The summed E-state index contributed by atoms with van der Waals surface area (Å²) >= 11 is 1.82. The summed E-state index contributed by atoms with van der Waals surface area (Å²) in [4.78, 5) is 23.8. The van der Waals surface area contributed by atoms with Crippen LogP contribution in [0.25, 0.3) is 0 Å². The highest BCUT2D eigenvalue weighted by atomic mass is 32.2. The Morgan fingerprint density at radius 1 is 0.372 bits per heavy atom. The molecule has 0 atom stereocenters. The van der Waals surface area contributed by atoms with Crippen LogP contribution in [0.2, 0.25) is 0 Å². The Morgan fingerprint density at radius 3 is 0.907 bits per heavy atom. The quantitative estimate of drug-likeness (QED) is 0.0511. The van der Waals surface area contributed by atoms with Crippen LogP contribution in [0.1, 0.15) is 206 Å². The number of carbonyl (C=O) groups is 2. The minimum atomic E-state index is -0.0590. The molecule has 0 heterocycles. The molecule has 5 heteroatoms. The van der Waals surface area contributed by atoms with Crippen LogP contribution in [0.5, 0.6) is 0 Å². The highest BCUT2D eigenvalue weighted by Gasteiger charge is 2.05. The van der Waals surface area contributed by atoms with Gasteiger partial charge >= 0.3 is 11.9 Å². The number of thioether (sulfide) groups is 1. The predicted octanol–water partition coefficient (Wildman–Crippen LogP) is 12.5. The number of ether oxygens (including phenoxy) is 2. The van der Waals surface area contributed by atoms with Crippen molar-refractivity contribution in [2.75, 3.05) is 24.7 Å². The van der Waals surface area contributed by atoms with Crippen molar-refractivity contribution in [2.24, 2.45) is 0 Å². The first kappa shape index (κ1) is 42.3. The third-order valence-electron chi connectivity index (χ3n) is 8.36. The Morgan fingerprint density at radius 2 is 0.628 bits per heavy atom. The van der Waals surface area contributed by atoms with Gasteiger partial charge in [0.1, 0.15) is 0 Å². The molecule has 0 aliphatic rings. The Labute approximate surface area is 273 Å². The van der Waals surface area contributed by atoms with Crippen molar-refractivity contribution in [3.8, 4) is 0 Å². The molecule has 0 saturated carbocycles. The van der Waals surface area contributed by atoms with Crippen molar-refractivity contribution in [2.45, 2.75) is 206 Å². The Bertz CT molecular complexity index is 520. The molecular formula is C38H74O4S. The molecule has 4 nitrogen and oxygen atoms in total. The summed E-state index contributed by atoms with van der Waals surface area (Å²) < 4.78 is 10.8. The average Bonchev–Trinajstić information content (AvgIpc) is 3.01. The summed E-state index contributed by atoms with van der Waals surface area (Å²) in [6, 6.07) is 0. The Hall–Kier alpha value is -0.710. The first-order valence-corrected chi connectivity index (χ1v) is 20.2. The van der Waals surface area contributed by atoms with Gasteiger partial charge in [0.25, 0.3) is 0 Å². The summed E-state index contributed by atoms with van der Waals surface area (Å²) in [5, 5.41) is 0. The summed E-state index contributed by atoms with van der Waals surface area (Å²) in [5.74, 6) is 1.77. The number of rotatable bonds is 36.